The summed E-state index contributed by atoms with van der Waals surface area (Å²) in [5.41, 5.74) is 1.03. The second kappa shape index (κ2) is 8.73. The molecule has 0 amide bonds. The highest BCUT2D eigenvalue weighted by Crippen LogP contribution is 2.34. The quantitative estimate of drug-likeness (QED) is 0.327. The molecule has 1 aromatic heterocycles. The zero-order chi connectivity index (χ0) is 25.4. The number of halogens is 6. The number of hydrogen-bond acceptors (Lipinski definition) is 7. The third-order valence-electron chi connectivity index (χ3n) is 4.87. The Balaban J connectivity index is 1.78. The molecule has 1 N–H and O–H groups in total. The lowest BCUT2D eigenvalue weighted by Crippen LogP contribution is -2.55. The Labute approximate surface area is 192 Å². The van der Waals surface area contributed by atoms with Crippen LogP contribution < -0.4 is 10.1 Å². The van der Waals surface area contributed by atoms with Crippen molar-refractivity contribution in [3.63, 3.8) is 0 Å². The number of esters is 2. The van der Waals surface area contributed by atoms with E-state index in [1.54, 1.807) is 30.3 Å². The van der Waals surface area contributed by atoms with Crippen molar-refractivity contribution in [2.75, 3.05) is 6.54 Å². The smallest absolute Gasteiger partial charge is 0.401 e. The lowest BCUT2D eigenvalue weighted by Gasteiger charge is -2.31. The molecule has 3 aromatic rings. The molecule has 0 fully saturated rings. The highest BCUT2D eigenvalue weighted by Gasteiger charge is 2.55. The molecule has 35 heavy (non-hydrogen) atoms. The van der Waals surface area contributed by atoms with Gasteiger partial charge in [0, 0.05) is 17.7 Å². The lowest BCUT2D eigenvalue weighted by molar-refractivity contribution is -0.331. The van der Waals surface area contributed by atoms with Gasteiger partial charge in [-0.1, -0.05) is 48.5 Å². The third-order valence-corrected chi connectivity index (χ3v) is 4.87. The molecule has 0 aliphatic carbocycles. The summed E-state index contributed by atoms with van der Waals surface area (Å²) in [6.07, 6.45) is -11.2. The van der Waals surface area contributed by atoms with Crippen LogP contribution in [0.15, 0.2) is 54.6 Å². The third kappa shape index (κ3) is 5.14. The molecule has 1 aliphatic rings. The average Bonchev–Trinajstić information content (AvgIpc) is 2.95. The van der Waals surface area contributed by atoms with E-state index in [1.165, 1.54) is 6.07 Å². The van der Waals surface area contributed by atoms with Crippen molar-refractivity contribution in [2.24, 2.45) is 0 Å². The number of rotatable bonds is 3. The highest BCUT2D eigenvalue weighted by atomic mass is 19.4. The van der Waals surface area contributed by atoms with Crippen LogP contribution in [-0.4, -0.2) is 41.8 Å². The van der Waals surface area contributed by atoms with Gasteiger partial charge in [0.25, 0.3) is 0 Å². The molecule has 2 aromatic carbocycles. The van der Waals surface area contributed by atoms with E-state index in [1.807, 2.05) is 18.2 Å². The number of nitrogens with one attached hydrogen (secondary N) is 1. The van der Waals surface area contributed by atoms with E-state index in [9.17, 15) is 35.9 Å². The van der Waals surface area contributed by atoms with Gasteiger partial charge in [0.15, 0.2) is 0 Å². The Kier molecular flexibility index (Phi) is 6.05. The number of hydrogen-bond donors (Lipinski definition) is 1. The number of carbonyl (C=O) groups excluding carboxylic acids is 2. The van der Waals surface area contributed by atoms with Gasteiger partial charge in [0.1, 0.15) is 6.54 Å². The number of carbonyl (C=O) groups is 2. The van der Waals surface area contributed by atoms with Gasteiger partial charge in [-0.3, -0.25) is 0 Å². The number of nitrogens with zero attached hydrogens (tertiary/aromatic N) is 1. The number of benzene rings is 2. The molecular weight excluding hydrogens is 486 g/mol. The summed E-state index contributed by atoms with van der Waals surface area (Å²) in [7, 11) is 0. The Hall–Kier alpha value is -3.87. The highest BCUT2D eigenvalue weighted by molar-refractivity contribution is 5.95. The number of fused-ring (bicyclic) bond motifs is 2. The number of ether oxygens (including phenoxy) is 3. The van der Waals surface area contributed by atoms with E-state index in [2.05, 4.69) is 19.8 Å². The summed E-state index contributed by atoms with van der Waals surface area (Å²) in [5.74, 6) is -9.79. The van der Waals surface area contributed by atoms with Crippen molar-refractivity contribution in [1.29, 1.82) is 0 Å². The first-order valence-corrected chi connectivity index (χ1v) is 9.86. The van der Waals surface area contributed by atoms with E-state index in [0.29, 0.717) is 5.56 Å². The van der Waals surface area contributed by atoms with Crippen LogP contribution in [0.25, 0.3) is 22.0 Å². The molecular formula is C22H14F6N2O5. The standard InChI is InChI=1S/C22H14F6N2O5/c23-21(24,25)18(31)34-20(35-19(32)22(26,27)28)11-29-10-13-8-9-16(30-17(13)33-20)15-7-3-5-12-4-1-2-6-14(12)15/h1-9,29H,10-11H2. The minimum atomic E-state index is -5.62. The Morgan fingerprint density at radius 3 is 2.17 bits per heavy atom. The van der Waals surface area contributed by atoms with Crippen molar-refractivity contribution in [1.82, 2.24) is 10.3 Å². The predicted octanol–water partition coefficient (Wildman–Crippen LogP) is 4.25. The molecule has 0 saturated heterocycles. The maximum absolute atomic E-state index is 12.8. The van der Waals surface area contributed by atoms with E-state index < -0.39 is 42.7 Å². The Morgan fingerprint density at radius 1 is 0.886 bits per heavy atom. The summed E-state index contributed by atoms with van der Waals surface area (Å²) in [6, 6.07) is 15.5. The molecule has 0 spiro atoms. The van der Waals surface area contributed by atoms with Crippen molar-refractivity contribution >= 4 is 22.7 Å². The van der Waals surface area contributed by atoms with Crippen LogP contribution in [0.1, 0.15) is 5.56 Å². The van der Waals surface area contributed by atoms with Crippen LogP contribution in [0.3, 0.4) is 0 Å². The second-order valence-electron chi connectivity index (χ2n) is 7.35. The molecule has 1 aliphatic heterocycles. The molecule has 0 radical (unpaired) electrons. The zero-order valence-corrected chi connectivity index (χ0v) is 17.4. The monoisotopic (exact) mass is 500 g/mol. The topological polar surface area (TPSA) is 86.8 Å². The largest absolute Gasteiger partial charge is 0.491 e. The van der Waals surface area contributed by atoms with Crippen LogP contribution >= 0.6 is 0 Å². The van der Waals surface area contributed by atoms with Crippen molar-refractivity contribution in [3.8, 4) is 17.1 Å². The van der Waals surface area contributed by atoms with E-state index in [-0.39, 0.29) is 17.8 Å². The van der Waals surface area contributed by atoms with Crippen LogP contribution in [0.5, 0.6) is 5.88 Å². The molecule has 184 valence electrons. The normalized spacial score (nSPS) is 15.5. The lowest BCUT2D eigenvalue weighted by atomic mass is 10.0. The molecule has 0 unspecified atom stereocenters. The van der Waals surface area contributed by atoms with Crippen LogP contribution in [0.2, 0.25) is 0 Å². The van der Waals surface area contributed by atoms with Gasteiger partial charge in [0.2, 0.25) is 5.88 Å². The first-order valence-electron chi connectivity index (χ1n) is 9.86. The maximum Gasteiger partial charge on any atom is 0.491 e. The van der Waals surface area contributed by atoms with Gasteiger partial charge >= 0.3 is 30.3 Å². The molecule has 4 rings (SSSR count). The summed E-state index contributed by atoms with van der Waals surface area (Å²) < 4.78 is 90.5. The van der Waals surface area contributed by atoms with Gasteiger partial charge in [-0.25, -0.2) is 14.6 Å². The molecule has 7 nitrogen and oxygen atoms in total. The van der Waals surface area contributed by atoms with E-state index in [4.69, 9.17) is 4.74 Å². The number of pyridine rings is 1. The Bertz CT molecular complexity index is 1260. The first kappa shape index (κ1) is 24.3. The van der Waals surface area contributed by atoms with Crippen LogP contribution in [0, 0.1) is 0 Å². The van der Waals surface area contributed by atoms with Crippen molar-refractivity contribution < 1.29 is 50.1 Å². The van der Waals surface area contributed by atoms with E-state index in [0.717, 1.165) is 10.8 Å². The number of alkyl halides is 6. The molecule has 13 heteroatoms. The minimum absolute atomic E-state index is 0.160. The predicted molar refractivity (Wildman–Crippen MR) is 107 cm³/mol. The summed E-state index contributed by atoms with van der Waals surface area (Å²) >= 11 is 0. The van der Waals surface area contributed by atoms with E-state index >= 15 is 0 Å². The van der Waals surface area contributed by atoms with Gasteiger partial charge in [0.05, 0.1) is 5.69 Å². The van der Waals surface area contributed by atoms with Crippen LogP contribution in [0.4, 0.5) is 26.3 Å². The van der Waals surface area contributed by atoms with Crippen molar-refractivity contribution in [3.05, 3.63) is 60.2 Å². The average molecular weight is 500 g/mol. The molecule has 0 saturated carbocycles. The van der Waals surface area contributed by atoms with Gasteiger partial charge < -0.3 is 19.5 Å². The fourth-order valence-electron chi connectivity index (χ4n) is 3.36. The number of aromatic nitrogens is 1. The summed E-state index contributed by atoms with van der Waals surface area (Å²) in [5, 5.41) is 4.04. The first-order chi connectivity index (χ1) is 16.4. The van der Waals surface area contributed by atoms with Crippen molar-refractivity contribution in [2.45, 2.75) is 24.9 Å². The van der Waals surface area contributed by atoms with Gasteiger partial charge in [-0.2, -0.15) is 26.3 Å². The zero-order valence-electron chi connectivity index (χ0n) is 17.4. The molecule has 2 heterocycles. The summed E-state index contributed by atoms with van der Waals surface area (Å²) in [4.78, 5) is 27.2. The van der Waals surface area contributed by atoms with Gasteiger partial charge in [-0.05, 0) is 16.8 Å². The minimum Gasteiger partial charge on any atom is -0.401 e. The van der Waals surface area contributed by atoms with Crippen LogP contribution in [-0.2, 0) is 25.6 Å². The molecule has 0 atom stereocenters. The Morgan fingerprint density at radius 2 is 1.51 bits per heavy atom. The molecule has 0 bridgehead atoms. The maximum atomic E-state index is 12.8. The second-order valence-corrected chi connectivity index (χ2v) is 7.35. The fourth-order valence-corrected chi connectivity index (χ4v) is 3.36. The fraction of sp³-hybridized carbons (Fsp3) is 0.227. The SMILES string of the molecule is O=C(OC1(OC(=O)C(F)(F)F)CNCc2ccc(-c3cccc4ccccc34)nc2O1)C(F)(F)F. The summed E-state index contributed by atoms with van der Waals surface area (Å²) in [6.45, 7) is -1.20. The van der Waals surface area contributed by atoms with Gasteiger partial charge in [-0.15, -0.1) is 0 Å².